The summed E-state index contributed by atoms with van der Waals surface area (Å²) < 4.78 is 1.89. The molecule has 5 nitrogen and oxygen atoms in total. The van der Waals surface area contributed by atoms with Gasteiger partial charge < -0.3 is 5.73 Å². The molecule has 5 heteroatoms. The molecule has 0 saturated heterocycles. The molecule has 0 spiro atoms. The van der Waals surface area contributed by atoms with Crippen LogP contribution in [0.1, 0.15) is 19.0 Å². The van der Waals surface area contributed by atoms with Crippen molar-refractivity contribution in [2.45, 2.75) is 26.8 Å². The van der Waals surface area contributed by atoms with Crippen molar-refractivity contribution >= 4 is 16.9 Å². The Hall–Kier alpha value is -1.52. The number of nitrogens with zero attached hydrogens (tertiary/aromatic N) is 3. The predicted molar refractivity (Wildman–Crippen MR) is 51.3 cm³/mol. The normalized spacial score (nSPS) is 11.2. The minimum Gasteiger partial charge on any atom is -0.383 e. The molecule has 0 saturated carbocycles. The van der Waals surface area contributed by atoms with Gasteiger partial charge in [-0.25, -0.2) is 4.68 Å². The monoisotopic (exact) mass is 179 g/mol. The topological polar surface area (TPSA) is 72.5 Å². The molecule has 3 N–H and O–H groups in total. The molecule has 0 amide bonds. The number of aromatic nitrogens is 4. The van der Waals surface area contributed by atoms with Gasteiger partial charge in [-0.1, -0.05) is 6.92 Å². The Morgan fingerprint density at radius 1 is 1.54 bits per heavy atom. The van der Waals surface area contributed by atoms with Crippen LogP contribution in [0.4, 0.5) is 5.82 Å². The lowest BCUT2D eigenvalue weighted by Crippen LogP contribution is -1.99. The summed E-state index contributed by atoms with van der Waals surface area (Å²) in [5.41, 5.74) is 7.51. The van der Waals surface area contributed by atoms with Gasteiger partial charge >= 0.3 is 0 Å². The number of rotatable bonds is 2. The average Bonchev–Trinajstić information content (AvgIpc) is 2.58. The van der Waals surface area contributed by atoms with E-state index in [4.69, 9.17) is 5.73 Å². The van der Waals surface area contributed by atoms with E-state index < -0.39 is 0 Å². The Morgan fingerprint density at radius 3 is 3.00 bits per heavy atom. The molecule has 2 rings (SSSR count). The number of anilines is 1. The third-order valence-corrected chi connectivity index (χ3v) is 2.09. The first-order chi connectivity index (χ1) is 6.24. The maximum Gasteiger partial charge on any atom is 0.182 e. The number of nitrogen functional groups attached to an aromatic ring is 1. The Bertz CT molecular complexity index is 425. The van der Waals surface area contributed by atoms with Crippen LogP contribution in [0, 0.1) is 6.92 Å². The van der Waals surface area contributed by atoms with Crippen molar-refractivity contribution in [1.82, 2.24) is 20.0 Å². The third-order valence-electron chi connectivity index (χ3n) is 2.09. The van der Waals surface area contributed by atoms with E-state index in [1.165, 1.54) is 0 Å². The van der Waals surface area contributed by atoms with Crippen molar-refractivity contribution in [3.05, 3.63) is 5.69 Å². The number of hydrogen-bond acceptors (Lipinski definition) is 3. The van der Waals surface area contributed by atoms with Gasteiger partial charge in [-0.2, -0.15) is 10.2 Å². The zero-order valence-corrected chi connectivity index (χ0v) is 7.83. The first kappa shape index (κ1) is 8.10. The van der Waals surface area contributed by atoms with Crippen LogP contribution in [-0.2, 0) is 6.54 Å². The maximum absolute atomic E-state index is 5.72. The van der Waals surface area contributed by atoms with E-state index in [0.29, 0.717) is 5.82 Å². The van der Waals surface area contributed by atoms with Crippen LogP contribution in [0.5, 0.6) is 0 Å². The van der Waals surface area contributed by atoms with E-state index in [1.807, 2.05) is 11.6 Å². The van der Waals surface area contributed by atoms with Gasteiger partial charge in [0.05, 0.1) is 11.1 Å². The summed E-state index contributed by atoms with van der Waals surface area (Å²) in [5.74, 6) is 0.606. The van der Waals surface area contributed by atoms with Gasteiger partial charge in [-0.05, 0) is 13.3 Å². The van der Waals surface area contributed by atoms with Crippen molar-refractivity contribution < 1.29 is 0 Å². The summed E-state index contributed by atoms with van der Waals surface area (Å²) in [6, 6.07) is 0. The summed E-state index contributed by atoms with van der Waals surface area (Å²) in [4.78, 5) is 0. The first-order valence-electron chi connectivity index (χ1n) is 4.41. The predicted octanol–water partition coefficient (Wildman–Crippen LogP) is 1.06. The molecule has 0 unspecified atom stereocenters. The Balaban J connectivity index is 2.65. The zero-order chi connectivity index (χ0) is 9.42. The molecule has 0 aliphatic rings. The number of nitrogens with two attached hydrogens (primary N) is 1. The molecule has 2 heterocycles. The zero-order valence-electron chi connectivity index (χ0n) is 7.83. The van der Waals surface area contributed by atoms with Crippen LogP contribution in [0.2, 0.25) is 0 Å². The fourth-order valence-corrected chi connectivity index (χ4v) is 1.54. The molecule has 0 aliphatic carbocycles. The summed E-state index contributed by atoms with van der Waals surface area (Å²) in [6.45, 7) is 4.94. The summed E-state index contributed by atoms with van der Waals surface area (Å²) >= 11 is 0. The second kappa shape index (κ2) is 2.76. The van der Waals surface area contributed by atoms with E-state index in [0.717, 1.165) is 29.7 Å². The number of nitrogens with one attached hydrogen (secondary N) is 1. The van der Waals surface area contributed by atoms with Crippen molar-refractivity contribution in [1.29, 1.82) is 0 Å². The van der Waals surface area contributed by atoms with Gasteiger partial charge in [0.1, 0.15) is 5.82 Å². The van der Waals surface area contributed by atoms with E-state index >= 15 is 0 Å². The maximum atomic E-state index is 5.72. The molecule has 13 heavy (non-hydrogen) atoms. The van der Waals surface area contributed by atoms with Gasteiger partial charge in [-0.3, -0.25) is 5.10 Å². The molecule has 0 bridgehead atoms. The molecule has 0 fully saturated rings. The molecule has 70 valence electrons. The molecule has 2 aromatic rings. The SMILES string of the molecule is CCCn1nc(C)c2c(N)[nH]nc21. The average molecular weight is 179 g/mol. The minimum atomic E-state index is 0.606. The molecular formula is C8H13N5. The van der Waals surface area contributed by atoms with E-state index in [2.05, 4.69) is 22.2 Å². The Labute approximate surface area is 75.9 Å². The Morgan fingerprint density at radius 2 is 2.31 bits per heavy atom. The summed E-state index contributed by atoms with van der Waals surface area (Å²) in [5, 5.41) is 12.2. The highest BCUT2D eigenvalue weighted by atomic mass is 15.3. The molecule has 0 aromatic carbocycles. The highest BCUT2D eigenvalue weighted by Gasteiger charge is 2.12. The fraction of sp³-hybridized carbons (Fsp3) is 0.500. The standard InChI is InChI=1S/C8H13N5/c1-3-4-13-8-6(5(2)12-13)7(9)10-11-8/h3-4H2,1-2H3,(H3,9,10,11). The van der Waals surface area contributed by atoms with Crippen LogP contribution in [0.3, 0.4) is 0 Å². The highest BCUT2D eigenvalue weighted by molar-refractivity contribution is 5.88. The first-order valence-corrected chi connectivity index (χ1v) is 4.41. The Kier molecular flexibility index (Phi) is 1.72. The van der Waals surface area contributed by atoms with Gasteiger partial charge in [0, 0.05) is 6.54 Å². The fourth-order valence-electron chi connectivity index (χ4n) is 1.54. The largest absolute Gasteiger partial charge is 0.383 e. The molecule has 0 atom stereocenters. The highest BCUT2D eigenvalue weighted by Crippen LogP contribution is 2.21. The quantitative estimate of drug-likeness (QED) is 0.724. The minimum absolute atomic E-state index is 0.606. The van der Waals surface area contributed by atoms with Gasteiger partial charge in [0.2, 0.25) is 0 Å². The lowest BCUT2D eigenvalue weighted by molar-refractivity contribution is 0.610. The summed E-state index contributed by atoms with van der Waals surface area (Å²) in [7, 11) is 0. The smallest absolute Gasteiger partial charge is 0.182 e. The lowest BCUT2D eigenvalue weighted by atomic mass is 10.3. The second-order valence-corrected chi connectivity index (χ2v) is 3.14. The van der Waals surface area contributed by atoms with Gasteiger partial charge in [0.25, 0.3) is 0 Å². The summed E-state index contributed by atoms with van der Waals surface area (Å²) in [6.07, 6.45) is 1.04. The number of fused-ring (bicyclic) bond motifs is 1. The van der Waals surface area contributed by atoms with Crippen LogP contribution in [0.15, 0.2) is 0 Å². The van der Waals surface area contributed by atoms with Crippen LogP contribution in [-0.4, -0.2) is 20.0 Å². The van der Waals surface area contributed by atoms with Crippen molar-refractivity contribution in [2.24, 2.45) is 0 Å². The van der Waals surface area contributed by atoms with E-state index in [-0.39, 0.29) is 0 Å². The van der Waals surface area contributed by atoms with Gasteiger partial charge in [0.15, 0.2) is 5.65 Å². The molecule has 0 aliphatic heterocycles. The van der Waals surface area contributed by atoms with Crippen LogP contribution < -0.4 is 5.73 Å². The molecule has 2 aromatic heterocycles. The van der Waals surface area contributed by atoms with E-state index in [9.17, 15) is 0 Å². The number of aromatic amines is 1. The number of aryl methyl sites for hydroxylation is 2. The van der Waals surface area contributed by atoms with E-state index in [1.54, 1.807) is 0 Å². The van der Waals surface area contributed by atoms with Crippen LogP contribution in [0.25, 0.3) is 11.0 Å². The van der Waals surface area contributed by atoms with Gasteiger partial charge in [-0.15, -0.1) is 0 Å². The number of hydrogen-bond donors (Lipinski definition) is 2. The van der Waals surface area contributed by atoms with Crippen molar-refractivity contribution in [3.8, 4) is 0 Å². The second-order valence-electron chi connectivity index (χ2n) is 3.14. The van der Waals surface area contributed by atoms with Crippen molar-refractivity contribution in [2.75, 3.05) is 5.73 Å². The number of H-pyrrole nitrogens is 1. The molecule has 0 radical (unpaired) electrons. The van der Waals surface area contributed by atoms with Crippen molar-refractivity contribution in [3.63, 3.8) is 0 Å². The molecular weight excluding hydrogens is 166 g/mol. The lowest BCUT2D eigenvalue weighted by Gasteiger charge is -1.95. The van der Waals surface area contributed by atoms with Crippen LogP contribution >= 0.6 is 0 Å². The third kappa shape index (κ3) is 1.07.